The van der Waals surface area contributed by atoms with Crippen LogP contribution in [0.3, 0.4) is 0 Å². The lowest BCUT2D eigenvalue weighted by Gasteiger charge is -2.32. The topological polar surface area (TPSA) is 52.7 Å². The Morgan fingerprint density at radius 1 is 1.27 bits per heavy atom. The van der Waals surface area contributed by atoms with Crippen LogP contribution in [-0.2, 0) is 16.1 Å². The van der Waals surface area contributed by atoms with E-state index in [0.29, 0.717) is 19.6 Å². The fourth-order valence-corrected chi connectivity index (χ4v) is 3.90. The minimum Gasteiger partial charge on any atom is -0.340 e. The summed E-state index contributed by atoms with van der Waals surface area (Å²) in [6.45, 7) is 2.51. The molecule has 26 heavy (non-hydrogen) atoms. The van der Waals surface area contributed by atoms with Gasteiger partial charge in [0, 0.05) is 25.8 Å². The van der Waals surface area contributed by atoms with Crippen LogP contribution in [0.15, 0.2) is 47.2 Å². The van der Waals surface area contributed by atoms with Gasteiger partial charge in [-0.15, -0.1) is 0 Å². The smallest absolute Gasteiger partial charge is 0.236 e. The molecule has 0 saturated carbocycles. The van der Waals surface area contributed by atoms with Gasteiger partial charge in [-0.2, -0.15) is 11.3 Å². The Labute approximate surface area is 158 Å². The highest BCUT2D eigenvalue weighted by atomic mass is 32.1. The predicted octanol–water partition coefficient (Wildman–Crippen LogP) is 3.06. The number of carbonyl (C=O) groups excluding carboxylic acids is 2. The van der Waals surface area contributed by atoms with E-state index in [1.54, 1.807) is 16.2 Å². The van der Waals surface area contributed by atoms with Crippen molar-refractivity contribution in [2.75, 3.05) is 32.0 Å². The molecule has 1 fully saturated rings. The van der Waals surface area contributed by atoms with Crippen LogP contribution in [0.4, 0.5) is 5.69 Å². The van der Waals surface area contributed by atoms with Crippen LogP contribution >= 0.6 is 11.3 Å². The van der Waals surface area contributed by atoms with Crippen molar-refractivity contribution in [2.45, 2.75) is 19.4 Å². The summed E-state index contributed by atoms with van der Waals surface area (Å²) in [7, 11) is 1.84. The molecular weight excluding hydrogens is 346 g/mol. The molecule has 3 rings (SSSR count). The summed E-state index contributed by atoms with van der Waals surface area (Å²) in [4.78, 5) is 28.9. The normalized spacial score (nSPS) is 17.7. The molecule has 2 amide bonds. The third-order valence-corrected chi connectivity index (χ3v) is 5.43. The molecule has 0 unspecified atom stereocenters. The van der Waals surface area contributed by atoms with E-state index in [0.717, 1.165) is 30.6 Å². The Kier molecular flexibility index (Phi) is 6.41. The molecule has 138 valence electrons. The SMILES string of the molecule is CN(Cc1ccsc1)C(=O)CN1CCC[C@@H](C(=O)Nc2ccccc2)C1. The molecule has 0 bridgehead atoms. The van der Waals surface area contributed by atoms with Gasteiger partial charge in [0.15, 0.2) is 0 Å². The molecule has 1 aliphatic rings. The summed E-state index contributed by atoms with van der Waals surface area (Å²) in [6.07, 6.45) is 1.81. The highest BCUT2D eigenvalue weighted by Crippen LogP contribution is 2.19. The fraction of sp³-hybridized carbons (Fsp3) is 0.400. The number of hydrogen-bond acceptors (Lipinski definition) is 4. The lowest BCUT2D eigenvalue weighted by atomic mass is 9.97. The van der Waals surface area contributed by atoms with Gasteiger partial charge in [0.2, 0.25) is 11.8 Å². The summed E-state index contributed by atoms with van der Waals surface area (Å²) in [5.74, 6) is 0.0687. The largest absolute Gasteiger partial charge is 0.340 e. The maximum atomic E-state index is 12.5. The van der Waals surface area contributed by atoms with Crippen LogP contribution in [0.5, 0.6) is 0 Å². The maximum Gasteiger partial charge on any atom is 0.236 e. The number of nitrogens with zero attached hydrogens (tertiary/aromatic N) is 2. The number of likely N-dealkylation sites (N-methyl/N-ethyl adjacent to an activating group) is 1. The first-order chi connectivity index (χ1) is 12.6. The van der Waals surface area contributed by atoms with Crippen molar-refractivity contribution in [3.8, 4) is 0 Å². The minimum atomic E-state index is -0.0704. The first-order valence-electron chi connectivity index (χ1n) is 8.95. The van der Waals surface area contributed by atoms with Crippen LogP contribution in [-0.4, -0.2) is 48.3 Å². The zero-order valence-electron chi connectivity index (χ0n) is 15.1. The Morgan fingerprint density at radius 2 is 2.08 bits per heavy atom. The zero-order chi connectivity index (χ0) is 18.4. The Bertz CT molecular complexity index is 718. The number of thiophene rings is 1. The van der Waals surface area contributed by atoms with E-state index in [2.05, 4.69) is 15.6 Å². The van der Waals surface area contributed by atoms with E-state index >= 15 is 0 Å². The Morgan fingerprint density at radius 3 is 2.81 bits per heavy atom. The van der Waals surface area contributed by atoms with E-state index in [4.69, 9.17) is 0 Å². The molecular formula is C20H25N3O2S. The zero-order valence-corrected chi connectivity index (χ0v) is 15.9. The maximum absolute atomic E-state index is 12.5. The molecule has 1 N–H and O–H groups in total. The molecule has 6 heteroatoms. The fourth-order valence-electron chi connectivity index (χ4n) is 3.24. The second-order valence-corrected chi connectivity index (χ2v) is 7.59. The Hall–Kier alpha value is -2.18. The van der Waals surface area contributed by atoms with Crippen molar-refractivity contribution >= 4 is 28.8 Å². The molecule has 1 aliphatic heterocycles. The van der Waals surface area contributed by atoms with Crippen LogP contribution in [0.1, 0.15) is 18.4 Å². The number of hydrogen-bond donors (Lipinski definition) is 1. The Balaban J connectivity index is 1.49. The number of amides is 2. The molecule has 5 nitrogen and oxygen atoms in total. The van der Waals surface area contributed by atoms with Gasteiger partial charge in [-0.1, -0.05) is 18.2 Å². The van der Waals surface area contributed by atoms with Crippen molar-refractivity contribution in [1.82, 2.24) is 9.80 Å². The van der Waals surface area contributed by atoms with Crippen LogP contribution in [0.25, 0.3) is 0 Å². The number of likely N-dealkylation sites (tertiary alicyclic amines) is 1. The van der Waals surface area contributed by atoms with E-state index in [1.165, 1.54) is 0 Å². The van der Waals surface area contributed by atoms with Gasteiger partial charge in [0.05, 0.1) is 12.5 Å². The van der Waals surface area contributed by atoms with Gasteiger partial charge < -0.3 is 10.2 Å². The molecule has 0 aliphatic carbocycles. The summed E-state index contributed by atoms with van der Waals surface area (Å²) in [5.41, 5.74) is 1.98. The summed E-state index contributed by atoms with van der Waals surface area (Å²) in [6, 6.07) is 11.6. The van der Waals surface area contributed by atoms with Gasteiger partial charge in [-0.05, 0) is 53.9 Å². The highest BCUT2D eigenvalue weighted by Gasteiger charge is 2.27. The first-order valence-corrected chi connectivity index (χ1v) is 9.89. The highest BCUT2D eigenvalue weighted by molar-refractivity contribution is 7.07. The number of para-hydroxylation sites is 1. The van der Waals surface area contributed by atoms with Crippen molar-refractivity contribution in [3.63, 3.8) is 0 Å². The third kappa shape index (κ3) is 5.16. The molecule has 2 aromatic rings. The van der Waals surface area contributed by atoms with E-state index in [-0.39, 0.29) is 17.7 Å². The molecule has 0 radical (unpaired) electrons. The average molecular weight is 372 g/mol. The van der Waals surface area contributed by atoms with Crippen molar-refractivity contribution in [3.05, 3.63) is 52.7 Å². The van der Waals surface area contributed by atoms with Crippen LogP contribution in [0, 0.1) is 5.92 Å². The second kappa shape index (κ2) is 8.96. The number of piperidine rings is 1. The van der Waals surface area contributed by atoms with E-state index in [1.807, 2.05) is 48.8 Å². The molecule has 1 aromatic heterocycles. The molecule has 0 spiro atoms. The molecule has 1 atom stereocenters. The summed E-state index contributed by atoms with van der Waals surface area (Å²) < 4.78 is 0. The van der Waals surface area contributed by atoms with Gasteiger partial charge in [0.1, 0.15) is 0 Å². The van der Waals surface area contributed by atoms with Gasteiger partial charge in [0.25, 0.3) is 0 Å². The van der Waals surface area contributed by atoms with Crippen molar-refractivity contribution in [1.29, 1.82) is 0 Å². The predicted molar refractivity (Wildman–Crippen MR) is 105 cm³/mol. The number of anilines is 1. The number of nitrogens with one attached hydrogen (secondary N) is 1. The molecule has 2 heterocycles. The molecule has 1 aromatic carbocycles. The monoisotopic (exact) mass is 371 g/mol. The summed E-state index contributed by atoms with van der Waals surface area (Å²) in [5, 5.41) is 7.06. The van der Waals surface area contributed by atoms with Crippen molar-refractivity contribution in [2.24, 2.45) is 5.92 Å². The van der Waals surface area contributed by atoms with Crippen LogP contribution < -0.4 is 5.32 Å². The summed E-state index contributed by atoms with van der Waals surface area (Å²) >= 11 is 1.64. The second-order valence-electron chi connectivity index (χ2n) is 6.81. The number of benzene rings is 1. The third-order valence-electron chi connectivity index (χ3n) is 4.70. The van der Waals surface area contributed by atoms with Gasteiger partial charge in [-0.25, -0.2) is 0 Å². The quantitative estimate of drug-likeness (QED) is 0.849. The number of rotatable bonds is 6. The average Bonchev–Trinajstić information content (AvgIpc) is 3.15. The van der Waals surface area contributed by atoms with E-state index in [9.17, 15) is 9.59 Å². The lowest BCUT2D eigenvalue weighted by molar-refractivity contribution is -0.133. The van der Waals surface area contributed by atoms with Crippen LogP contribution in [0.2, 0.25) is 0 Å². The number of carbonyl (C=O) groups is 2. The van der Waals surface area contributed by atoms with Gasteiger partial charge >= 0.3 is 0 Å². The molecule has 1 saturated heterocycles. The van der Waals surface area contributed by atoms with Crippen molar-refractivity contribution < 1.29 is 9.59 Å². The standard InChI is InChI=1S/C20H25N3O2S/c1-22(12-16-9-11-26-15-16)19(24)14-23-10-5-6-17(13-23)20(25)21-18-7-3-2-4-8-18/h2-4,7-9,11,15,17H,5-6,10,12-14H2,1H3,(H,21,25)/t17-/m1/s1. The minimum absolute atomic E-state index is 0.0416. The van der Waals surface area contributed by atoms with E-state index < -0.39 is 0 Å². The first kappa shape index (κ1) is 18.6. The lowest BCUT2D eigenvalue weighted by Crippen LogP contribution is -2.45. The van der Waals surface area contributed by atoms with Gasteiger partial charge in [-0.3, -0.25) is 14.5 Å².